The van der Waals surface area contributed by atoms with Crippen LogP contribution in [0.1, 0.15) is 23.0 Å². The van der Waals surface area contributed by atoms with Gasteiger partial charge in [0.1, 0.15) is 0 Å². The molecule has 0 atom stereocenters. The third-order valence-electron chi connectivity index (χ3n) is 2.14. The zero-order chi connectivity index (χ0) is 12.8. The van der Waals surface area contributed by atoms with E-state index in [1.165, 1.54) is 12.3 Å². The fraction of sp³-hybridized carbons (Fsp3) is 0.364. The molecular formula is C11H16N4O2. The molecule has 0 aliphatic rings. The van der Waals surface area contributed by atoms with E-state index in [0.717, 1.165) is 0 Å². The summed E-state index contributed by atoms with van der Waals surface area (Å²) in [5.74, 6) is -0.580. The molecule has 6 heteroatoms. The number of pyridine rings is 1. The predicted octanol–water partition coefficient (Wildman–Crippen LogP) is -0.162. The van der Waals surface area contributed by atoms with E-state index in [-0.39, 0.29) is 18.4 Å². The molecule has 17 heavy (non-hydrogen) atoms. The summed E-state index contributed by atoms with van der Waals surface area (Å²) in [4.78, 5) is 26.9. The van der Waals surface area contributed by atoms with Gasteiger partial charge in [-0.15, -0.1) is 0 Å². The van der Waals surface area contributed by atoms with Crippen molar-refractivity contribution in [3.05, 3.63) is 23.5 Å². The fourth-order valence-electron chi connectivity index (χ4n) is 1.29. The molecule has 0 fully saturated rings. The highest BCUT2D eigenvalue weighted by Crippen LogP contribution is 2.08. The van der Waals surface area contributed by atoms with Gasteiger partial charge in [0, 0.05) is 6.54 Å². The van der Waals surface area contributed by atoms with E-state index in [2.05, 4.69) is 15.6 Å². The summed E-state index contributed by atoms with van der Waals surface area (Å²) >= 11 is 0. The van der Waals surface area contributed by atoms with Crippen molar-refractivity contribution in [3.63, 3.8) is 0 Å². The molecule has 0 saturated heterocycles. The Hall–Kier alpha value is -2.11. The van der Waals surface area contributed by atoms with Crippen LogP contribution in [-0.2, 0) is 4.79 Å². The third kappa shape index (κ3) is 3.75. The Labute approximate surface area is 99.6 Å². The van der Waals surface area contributed by atoms with E-state index in [1.54, 1.807) is 6.92 Å². The van der Waals surface area contributed by atoms with Crippen molar-refractivity contribution in [2.45, 2.75) is 13.8 Å². The van der Waals surface area contributed by atoms with E-state index < -0.39 is 0 Å². The minimum Gasteiger partial charge on any atom is -0.397 e. The number of carbonyl (C=O) groups excluding carboxylic acids is 2. The Morgan fingerprint density at radius 1 is 1.41 bits per heavy atom. The van der Waals surface area contributed by atoms with E-state index in [9.17, 15) is 9.59 Å². The number of amides is 2. The second-order valence-electron chi connectivity index (χ2n) is 3.54. The van der Waals surface area contributed by atoms with Gasteiger partial charge in [0.2, 0.25) is 5.91 Å². The maximum absolute atomic E-state index is 11.7. The number of hydrogen-bond donors (Lipinski definition) is 3. The number of hydrogen-bond acceptors (Lipinski definition) is 4. The molecule has 0 aliphatic heterocycles. The number of aromatic nitrogens is 1. The van der Waals surface area contributed by atoms with Crippen molar-refractivity contribution in [2.75, 3.05) is 18.8 Å². The van der Waals surface area contributed by atoms with Crippen LogP contribution in [0, 0.1) is 6.92 Å². The number of aryl methyl sites for hydroxylation is 1. The van der Waals surface area contributed by atoms with Crippen LogP contribution in [0.15, 0.2) is 12.3 Å². The van der Waals surface area contributed by atoms with E-state index in [0.29, 0.717) is 23.5 Å². The van der Waals surface area contributed by atoms with Crippen LogP contribution in [0.4, 0.5) is 5.69 Å². The van der Waals surface area contributed by atoms with Gasteiger partial charge < -0.3 is 16.4 Å². The van der Waals surface area contributed by atoms with Gasteiger partial charge in [-0.3, -0.25) is 14.6 Å². The summed E-state index contributed by atoms with van der Waals surface area (Å²) in [5.41, 5.74) is 6.92. The molecule has 0 bridgehead atoms. The number of nitrogens with two attached hydrogens (primary N) is 1. The van der Waals surface area contributed by atoms with E-state index >= 15 is 0 Å². The quantitative estimate of drug-likeness (QED) is 0.676. The van der Waals surface area contributed by atoms with Crippen LogP contribution in [0.5, 0.6) is 0 Å². The average Bonchev–Trinajstić information content (AvgIpc) is 2.29. The Morgan fingerprint density at radius 3 is 2.76 bits per heavy atom. The van der Waals surface area contributed by atoms with E-state index in [1.807, 2.05) is 6.92 Å². The molecule has 1 heterocycles. The standard InChI is InChI=1S/C11H16N4O2/c1-3-13-10(16)6-15-11(17)9-4-8(12)5-14-7(9)2/h4-5H,3,6,12H2,1-2H3,(H,13,16)(H,15,17). The van der Waals surface area contributed by atoms with Gasteiger partial charge in [0.15, 0.2) is 0 Å². The number of rotatable bonds is 4. The molecule has 0 spiro atoms. The average molecular weight is 236 g/mol. The lowest BCUT2D eigenvalue weighted by Gasteiger charge is -2.07. The van der Waals surface area contributed by atoms with Crippen LogP contribution in [-0.4, -0.2) is 29.9 Å². The molecule has 1 aromatic heterocycles. The first-order valence-corrected chi connectivity index (χ1v) is 5.31. The fourth-order valence-corrected chi connectivity index (χ4v) is 1.29. The van der Waals surface area contributed by atoms with E-state index in [4.69, 9.17) is 5.73 Å². The van der Waals surface area contributed by atoms with Gasteiger partial charge in [0.25, 0.3) is 5.91 Å². The molecule has 1 aromatic rings. The normalized spacial score (nSPS) is 9.76. The first kappa shape index (κ1) is 13.0. The second kappa shape index (κ2) is 5.83. The molecule has 2 amide bonds. The van der Waals surface area contributed by atoms with Crippen LogP contribution in [0.25, 0.3) is 0 Å². The van der Waals surface area contributed by atoms with Crippen molar-refractivity contribution in [3.8, 4) is 0 Å². The Kier molecular flexibility index (Phi) is 4.45. The topological polar surface area (TPSA) is 97.1 Å². The number of nitrogens with one attached hydrogen (secondary N) is 2. The van der Waals surface area contributed by atoms with Crippen molar-refractivity contribution in [1.82, 2.24) is 15.6 Å². The first-order valence-electron chi connectivity index (χ1n) is 5.31. The zero-order valence-electron chi connectivity index (χ0n) is 9.91. The summed E-state index contributed by atoms with van der Waals surface area (Å²) in [6, 6.07) is 1.54. The van der Waals surface area contributed by atoms with Gasteiger partial charge in [-0.2, -0.15) is 0 Å². The van der Waals surface area contributed by atoms with Crippen molar-refractivity contribution >= 4 is 17.5 Å². The molecule has 1 rings (SSSR count). The summed E-state index contributed by atoms with van der Waals surface area (Å²) in [5, 5.41) is 5.09. The largest absolute Gasteiger partial charge is 0.397 e. The summed E-state index contributed by atoms with van der Waals surface area (Å²) in [6.07, 6.45) is 1.48. The Balaban J connectivity index is 2.64. The minimum atomic E-state index is -0.353. The molecule has 0 aliphatic carbocycles. The molecule has 0 unspecified atom stereocenters. The number of nitrogen functional groups attached to an aromatic ring is 1. The molecule has 6 nitrogen and oxygen atoms in total. The molecule has 0 saturated carbocycles. The number of carbonyl (C=O) groups is 2. The highest BCUT2D eigenvalue weighted by molar-refractivity contribution is 5.97. The smallest absolute Gasteiger partial charge is 0.253 e. The monoisotopic (exact) mass is 236 g/mol. The maximum Gasteiger partial charge on any atom is 0.253 e. The lowest BCUT2D eigenvalue weighted by molar-refractivity contribution is -0.120. The number of anilines is 1. The SMILES string of the molecule is CCNC(=O)CNC(=O)c1cc(N)cnc1C. The number of likely N-dealkylation sites (N-methyl/N-ethyl adjacent to an activating group) is 1. The van der Waals surface area contributed by atoms with Crippen LogP contribution < -0.4 is 16.4 Å². The van der Waals surface area contributed by atoms with Crippen LogP contribution in [0.2, 0.25) is 0 Å². The van der Waals surface area contributed by atoms with Crippen molar-refractivity contribution < 1.29 is 9.59 Å². The summed E-state index contributed by atoms with van der Waals surface area (Å²) < 4.78 is 0. The van der Waals surface area contributed by atoms with Crippen LogP contribution >= 0.6 is 0 Å². The van der Waals surface area contributed by atoms with Gasteiger partial charge in [-0.1, -0.05) is 0 Å². The van der Waals surface area contributed by atoms with Crippen LogP contribution in [0.3, 0.4) is 0 Å². The van der Waals surface area contributed by atoms with Gasteiger partial charge >= 0.3 is 0 Å². The van der Waals surface area contributed by atoms with Crippen molar-refractivity contribution in [2.24, 2.45) is 0 Å². The minimum absolute atomic E-state index is 0.0547. The lowest BCUT2D eigenvalue weighted by atomic mass is 10.2. The predicted molar refractivity (Wildman–Crippen MR) is 64.4 cm³/mol. The highest BCUT2D eigenvalue weighted by atomic mass is 16.2. The summed E-state index contributed by atoms with van der Waals surface area (Å²) in [7, 11) is 0. The van der Waals surface area contributed by atoms with Gasteiger partial charge in [-0.25, -0.2) is 0 Å². The Bertz CT molecular complexity index is 431. The zero-order valence-corrected chi connectivity index (χ0v) is 9.91. The molecule has 0 aromatic carbocycles. The Morgan fingerprint density at radius 2 is 2.12 bits per heavy atom. The van der Waals surface area contributed by atoms with Crippen molar-refractivity contribution in [1.29, 1.82) is 0 Å². The number of nitrogens with zero attached hydrogens (tertiary/aromatic N) is 1. The first-order chi connectivity index (χ1) is 8.04. The molecular weight excluding hydrogens is 220 g/mol. The van der Waals surface area contributed by atoms with Gasteiger partial charge in [-0.05, 0) is 19.9 Å². The third-order valence-corrected chi connectivity index (χ3v) is 2.14. The molecule has 4 N–H and O–H groups in total. The molecule has 92 valence electrons. The highest BCUT2D eigenvalue weighted by Gasteiger charge is 2.11. The molecule has 0 radical (unpaired) electrons. The van der Waals surface area contributed by atoms with Gasteiger partial charge in [0.05, 0.1) is 29.7 Å². The maximum atomic E-state index is 11.7. The summed E-state index contributed by atoms with van der Waals surface area (Å²) in [6.45, 7) is 4.00. The lowest BCUT2D eigenvalue weighted by Crippen LogP contribution is -2.37. The second-order valence-corrected chi connectivity index (χ2v) is 3.54.